The van der Waals surface area contributed by atoms with Crippen molar-refractivity contribution in [3.05, 3.63) is 12.1 Å². The Balaban J connectivity index is 2.56. The van der Waals surface area contributed by atoms with Crippen LogP contribution in [0.5, 0.6) is 0 Å². The number of fused-ring (bicyclic) bond motifs is 1. The maximum absolute atomic E-state index is 12.4. The van der Waals surface area contributed by atoms with Crippen molar-refractivity contribution in [2.45, 2.75) is 33.3 Å². The van der Waals surface area contributed by atoms with Crippen molar-refractivity contribution >= 4 is 51.3 Å². The summed E-state index contributed by atoms with van der Waals surface area (Å²) in [5, 5.41) is 19.7. The van der Waals surface area contributed by atoms with Crippen molar-refractivity contribution in [1.82, 2.24) is 4.57 Å². The molecule has 7 nitrogen and oxygen atoms in total. The third kappa shape index (κ3) is 3.57. The smallest absolute Gasteiger partial charge is 0.443 e. The summed E-state index contributed by atoms with van der Waals surface area (Å²) in [5.41, 5.74) is -0.228. The SMILES string of the molecule is CC(=O)N(C)c1cc2c(cc(B(O)O)n2C(=O)OC(C)(C)C)s1. The number of hydrogen-bond donors (Lipinski definition) is 2. The predicted molar refractivity (Wildman–Crippen MR) is 90.4 cm³/mol. The zero-order chi connectivity index (χ0) is 17.5. The van der Waals surface area contributed by atoms with Gasteiger partial charge in [-0.15, -0.1) is 11.3 Å². The minimum Gasteiger partial charge on any atom is -0.443 e. The third-order valence-corrected chi connectivity index (χ3v) is 4.30. The van der Waals surface area contributed by atoms with Crippen LogP contribution < -0.4 is 10.5 Å². The molecule has 0 aliphatic heterocycles. The van der Waals surface area contributed by atoms with Gasteiger partial charge in [0, 0.05) is 14.0 Å². The third-order valence-electron chi connectivity index (χ3n) is 3.15. The number of rotatable bonds is 2. The zero-order valence-corrected chi connectivity index (χ0v) is 14.5. The Morgan fingerprint density at radius 1 is 1.30 bits per heavy atom. The Bertz CT molecular complexity index is 759. The fourth-order valence-electron chi connectivity index (χ4n) is 2.02. The van der Waals surface area contributed by atoms with Gasteiger partial charge >= 0.3 is 13.2 Å². The summed E-state index contributed by atoms with van der Waals surface area (Å²) in [6.07, 6.45) is -0.703. The predicted octanol–water partition coefficient (Wildman–Crippen LogP) is 1.15. The standard InChI is InChI=1S/C14H19BN2O5S/c1-8(18)16(5)12-6-9-10(23-12)7-11(15(20)21)17(9)13(19)22-14(2,3)4/h6-7,20-21H,1-5H3. The number of carbonyl (C=O) groups is 2. The van der Waals surface area contributed by atoms with Crippen molar-refractivity contribution in [2.75, 3.05) is 11.9 Å². The number of anilines is 1. The van der Waals surface area contributed by atoms with E-state index in [1.807, 2.05) is 0 Å². The molecule has 2 rings (SSSR count). The molecule has 2 N–H and O–H groups in total. The minimum absolute atomic E-state index is 0.0255. The van der Waals surface area contributed by atoms with Crippen LogP contribution in [0.4, 0.5) is 9.80 Å². The Hall–Kier alpha value is -1.84. The largest absolute Gasteiger partial charge is 0.506 e. The molecule has 0 aliphatic rings. The molecular formula is C14H19BN2O5S. The lowest BCUT2D eigenvalue weighted by atomic mass is 9.86. The number of hydrogen-bond acceptors (Lipinski definition) is 6. The molecule has 0 atom stereocenters. The Labute approximate surface area is 138 Å². The number of amides is 1. The maximum atomic E-state index is 12.4. The average molecular weight is 338 g/mol. The number of nitrogens with zero attached hydrogens (tertiary/aromatic N) is 2. The van der Waals surface area contributed by atoms with Gasteiger partial charge in [-0.1, -0.05) is 0 Å². The highest BCUT2D eigenvalue weighted by molar-refractivity contribution is 7.23. The molecule has 2 aromatic rings. The van der Waals surface area contributed by atoms with E-state index < -0.39 is 18.8 Å². The van der Waals surface area contributed by atoms with E-state index in [1.54, 1.807) is 33.9 Å². The van der Waals surface area contributed by atoms with Crippen LogP contribution in [0.3, 0.4) is 0 Å². The van der Waals surface area contributed by atoms with E-state index in [0.717, 1.165) is 4.57 Å². The van der Waals surface area contributed by atoms with E-state index in [2.05, 4.69) is 0 Å². The molecule has 124 valence electrons. The highest BCUT2D eigenvalue weighted by Crippen LogP contribution is 2.32. The number of ether oxygens (including phenoxy) is 1. The molecule has 9 heteroatoms. The van der Waals surface area contributed by atoms with Gasteiger partial charge in [0.25, 0.3) is 0 Å². The Morgan fingerprint density at radius 2 is 1.91 bits per heavy atom. The van der Waals surface area contributed by atoms with E-state index in [9.17, 15) is 19.6 Å². The van der Waals surface area contributed by atoms with Crippen LogP contribution in [0, 0.1) is 0 Å². The molecule has 0 saturated carbocycles. The molecule has 0 bridgehead atoms. The van der Waals surface area contributed by atoms with Crippen LogP contribution >= 0.6 is 11.3 Å². The first-order valence-electron chi connectivity index (χ1n) is 7.00. The average Bonchev–Trinajstić information content (AvgIpc) is 2.91. The van der Waals surface area contributed by atoms with E-state index in [-0.39, 0.29) is 11.5 Å². The van der Waals surface area contributed by atoms with Gasteiger partial charge in [-0.2, -0.15) is 0 Å². The molecule has 0 radical (unpaired) electrons. The summed E-state index contributed by atoms with van der Waals surface area (Å²) in [6, 6.07) is 3.16. The monoisotopic (exact) mass is 338 g/mol. The summed E-state index contributed by atoms with van der Waals surface area (Å²) < 4.78 is 7.10. The maximum Gasteiger partial charge on any atom is 0.506 e. The lowest BCUT2D eigenvalue weighted by Gasteiger charge is -2.20. The van der Waals surface area contributed by atoms with Crippen LogP contribution in [0.25, 0.3) is 10.2 Å². The summed E-state index contributed by atoms with van der Waals surface area (Å²) in [4.78, 5) is 25.4. The van der Waals surface area contributed by atoms with Gasteiger partial charge in [-0.25, -0.2) is 4.79 Å². The topological polar surface area (TPSA) is 92.0 Å². The molecular weight excluding hydrogens is 319 g/mol. The molecule has 0 aromatic carbocycles. The summed E-state index contributed by atoms with van der Waals surface area (Å²) in [7, 11) is -0.178. The second-order valence-electron chi connectivity index (χ2n) is 6.17. The van der Waals surface area contributed by atoms with Crippen LogP contribution in [0.1, 0.15) is 27.7 Å². The van der Waals surface area contributed by atoms with Gasteiger partial charge < -0.3 is 19.7 Å². The minimum atomic E-state index is -1.81. The van der Waals surface area contributed by atoms with Crippen molar-refractivity contribution in [2.24, 2.45) is 0 Å². The van der Waals surface area contributed by atoms with Crippen molar-refractivity contribution < 1.29 is 24.4 Å². The lowest BCUT2D eigenvalue weighted by Crippen LogP contribution is -2.41. The molecule has 2 aromatic heterocycles. The van der Waals surface area contributed by atoms with E-state index in [0.29, 0.717) is 15.2 Å². The highest BCUT2D eigenvalue weighted by atomic mass is 32.1. The lowest BCUT2D eigenvalue weighted by molar-refractivity contribution is -0.116. The van der Waals surface area contributed by atoms with Gasteiger partial charge in [0.05, 0.1) is 20.8 Å². The first-order chi connectivity index (χ1) is 10.5. The summed E-state index contributed by atoms with van der Waals surface area (Å²) >= 11 is 1.28. The normalized spacial score (nSPS) is 11.6. The molecule has 0 unspecified atom stereocenters. The molecule has 0 aliphatic carbocycles. The first-order valence-corrected chi connectivity index (χ1v) is 7.82. The summed E-state index contributed by atoms with van der Waals surface area (Å²) in [6.45, 7) is 6.62. The molecule has 1 amide bonds. The second kappa shape index (κ2) is 5.99. The highest BCUT2D eigenvalue weighted by Gasteiger charge is 2.28. The van der Waals surface area contributed by atoms with Crippen LogP contribution in [-0.4, -0.2) is 46.4 Å². The number of aromatic nitrogens is 1. The van der Waals surface area contributed by atoms with Gasteiger partial charge in [0.2, 0.25) is 5.91 Å². The molecule has 23 heavy (non-hydrogen) atoms. The van der Waals surface area contributed by atoms with Crippen LogP contribution in [-0.2, 0) is 9.53 Å². The van der Waals surface area contributed by atoms with E-state index in [1.165, 1.54) is 29.2 Å². The van der Waals surface area contributed by atoms with E-state index in [4.69, 9.17) is 4.74 Å². The van der Waals surface area contributed by atoms with Crippen LogP contribution in [0.15, 0.2) is 12.1 Å². The summed E-state index contributed by atoms with van der Waals surface area (Å²) in [5.74, 6) is -0.139. The van der Waals surface area contributed by atoms with Crippen LogP contribution in [0.2, 0.25) is 0 Å². The van der Waals surface area contributed by atoms with Gasteiger partial charge in [-0.3, -0.25) is 9.36 Å². The van der Waals surface area contributed by atoms with Crippen molar-refractivity contribution in [1.29, 1.82) is 0 Å². The van der Waals surface area contributed by atoms with Crippen molar-refractivity contribution in [3.8, 4) is 0 Å². The van der Waals surface area contributed by atoms with Gasteiger partial charge in [0.1, 0.15) is 5.60 Å². The Kier molecular flexibility index (Phi) is 4.56. The van der Waals surface area contributed by atoms with E-state index >= 15 is 0 Å². The first kappa shape index (κ1) is 17.5. The fourth-order valence-corrected chi connectivity index (χ4v) is 3.12. The molecule has 0 saturated heterocycles. The van der Waals surface area contributed by atoms with Crippen molar-refractivity contribution in [3.63, 3.8) is 0 Å². The number of thiophene rings is 1. The molecule has 0 spiro atoms. The van der Waals surface area contributed by atoms with Gasteiger partial charge in [0.15, 0.2) is 0 Å². The zero-order valence-electron chi connectivity index (χ0n) is 13.7. The Morgan fingerprint density at radius 3 is 2.39 bits per heavy atom. The quantitative estimate of drug-likeness (QED) is 0.802. The molecule has 2 heterocycles. The number of carbonyl (C=O) groups excluding carboxylic acids is 2. The van der Waals surface area contributed by atoms with Gasteiger partial charge in [-0.05, 0) is 32.9 Å². The second-order valence-corrected chi connectivity index (χ2v) is 7.23. The fraction of sp³-hybridized carbons (Fsp3) is 0.429. The molecule has 0 fully saturated rings.